The standard InChI is InChI=1S/C31H33N7O/c1-3-23-7-8-25-18-24(20-28(27(25)19-23)38-12-5-4-6-31(38)39)22-36-14-16-37(17-15-36)26-9-10-29(32-21-26)33-30-11-13-35(2)34-30/h4-13,18-21H,3,14-17,22H2,1-2H3,(H,32,33,34). The molecule has 0 aliphatic carbocycles. The van der Waals surface area contributed by atoms with Crippen LogP contribution in [0.4, 0.5) is 17.3 Å². The van der Waals surface area contributed by atoms with Gasteiger partial charge in [-0.05, 0) is 59.3 Å². The van der Waals surface area contributed by atoms with Crippen LogP contribution in [-0.2, 0) is 20.0 Å². The number of piperazine rings is 1. The molecule has 1 fully saturated rings. The average Bonchev–Trinajstić information content (AvgIpc) is 3.38. The van der Waals surface area contributed by atoms with Crippen molar-refractivity contribution >= 4 is 28.1 Å². The molecular formula is C31H33N7O. The number of hydrogen-bond acceptors (Lipinski definition) is 6. The highest BCUT2D eigenvalue weighted by Crippen LogP contribution is 2.27. The molecule has 0 saturated carbocycles. The van der Waals surface area contributed by atoms with Gasteiger partial charge in [-0.3, -0.25) is 18.9 Å². The molecule has 8 heteroatoms. The van der Waals surface area contributed by atoms with Crippen molar-refractivity contribution in [2.75, 3.05) is 36.4 Å². The third-order valence-electron chi connectivity index (χ3n) is 7.41. The first-order chi connectivity index (χ1) is 19.1. The van der Waals surface area contributed by atoms with Crippen LogP contribution < -0.4 is 15.8 Å². The quantitative estimate of drug-likeness (QED) is 0.335. The SMILES string of the molecule is CCc1ccc2cc(CN3CCN(c4ccc(Nc5ccn(C)n5)nc4)CC3)cc(-n3ccccc3=O)c2c1. The molecule has 1 aliphatic rings. The van der Waals surface area contributed by atoms with Crippen LogP contribution in [0.15, 0.2) is 90.1 Å². The lowest BCUT2D eigenvalue weighted by Gasteiger charge is -2.36. The van der Waals surface area contributed by atoms with Gasteiger partial charge >= 0.3 is 0 Å². The van der Waals surface area contributed by atoms with Gasteiger partial charge in [-0.2, -0.15) is 5.10 Å². The summed E-state index contributed by atoms with van der Waals surface area (Å²) >= 11 is 0. The van der Waals surface area contributed by atoms with E-state index in [9.17, 15) is 4.79 Å². The van der Waals surface area contributed by atoms with Gasteiger partial charge in [0, 0.05) is 69.7 Å². The molecule has 0 spiro atoms. The molecule has 2 aromatic carbocycles. The number of aromatic nitrogens is 4. The molecule has 5 aromatic rings. The lowest BCUT2D eigenvalue weighted by Crippen LogP contribution is -2.46. The normalized spacial score (nSPS) is 14.2. The monoisotopic (exact) mass is 519 g/mol. The highest BCUT2D eigenvalue weighted by Gasteiger charge is 2.19. The summed E-state index contributed by atoms with van der Waals surface area (Å²) in [5.41, 5.74) is 4.56. The molecular weight excluding hydrogens is 486 g/mol. The van der Waals surface area contributed by atoms with E-state index in [-0.39, 0.29) is 5.56 Å². The average molecular weight is 520 g/mol. The predicted octanol–water partition coefficient (Wildman–Crippen LogP) is 4.75. The van der Waals surface area contributed by atoms with Crippen molar-refractivity contribution in [3.8, 4) is 5.69 Å². The third-order valence-corrected chi connectivity index (χ3v) is 7.41. The maximum Gasteiger partial charge on any atom is 0.255 e. The van der Waals surface area contributed by atoms with Gasteiger partial charge in [-0.1, -0.05) is 25.1 Å². The van der Waals surface area contributed by atoms with E-state index in [1.807, 2.05) is 43.8 Å². The van der Waals surface area contributed by atoms with Crippen LogP contribution in [0, 0.1) is 0 Å². The second kappa shape index (κ2) is 10.7. The number of aryl methyl sites for hydroxylation is 2. The Morgan fingerprint density at radius 2 is 1.74 bits per heavy atom. The molecule has 1 N–H and O–H groups in total. The van der Waals surface area contributed by atoms with E-state index < -0.39 is 0 Å². The van der Waals surface area contributed by atoms with Crippen LogP contribution in [0.1, 0.15) is 18.1 Å². The minimum absolute atomic E-state index is 0.0127. The number of rotatable bonds is 7. The third kappa shape index (κ3) is 5.42. The summed E-state index contributed by atoms with van der Waals surface area (Å²) in [5.74, 6) is 1.57. The first-order valence-corrected chi connectivity index (χ1v) is 13.5. The Labute approximate surface area is 228 Å². The van der Waals surface area contributed by atoms with Gasteiger partial charge in [0.15, 0.2) is 5.82 Å². The predicted molar refractivity (Wildman–Crippen MR) is 157 cm³/mol. The molecule has 39 heavy (non-hydrogen) atoms. The van der Waals surface area contributed by atoms with Crippen LogP contribution in [0.2, 0.25) is 0 Å². The van der Waals surface area contributed by atoms with Crippen LogP contribution in [0.25, 0.3) is 16.5 Å². The molecule has 0 amide bonds. The molecule has 0 atom stereocenters. The van der Waals surface area contributed by atoms with Gasteiger partial charge < -0.3 is 10.2 Å². The van der Waals surface area contributed by atoms with Crippen LogP contribution in [0.5, 0.6) is 0 Å². The Kier molecular flexibility index (Phi) is 6.85. The fourth-order valence-electron chi connectivity index (χ4n) is 5.27. The largest absolute Gasteiger partial charge is 0.368 e. The molecule has 1 aliphatic heterocycles. The summed E-state index contributed by atoms with van der Waals surface area (Å²) in [6.07, 6.45) is 6.66. The number of hydrogen-bond donors (Lipinski definition) is 1. The maximum absolute atomic E-state index is 12.7. The van der Waals surface area contributed by atoms with Gasteiger partial charge in [0.05, 0.1) is 17.6 Å². The highest BCUT2D eigenvalue weighted by molar-refractivity contribution is 5.91. The Morgan fingerprint density at radius 1 is 0.872 bits per heavy atom. The fourth-order valence-corrected chi connectivity index (χ4v) is 5.27. The molecule has 6 rings (SSSR count). The lowest BCUT2D eigenvalue weighted by molar-refractivity contribution is 0.250. The first-order valence-electron chi connectivity index (χ1n) is 13.5. The molecule has 1 saturated heterocycles. The van der Waals surface area contributed by atoms with Crippen molar-refractivity contribution in [3.63, 3.8) is 0 Å². The number of anilines is 3. The van der Waals surface area contributed by atoms with E-state index in [2.05, 4.69) is 68.5 Å². The second-order valence-electron chi connectivity index (χ2n) is 10.1. The smallest absolute Gasteiger partial charge is 0.255 e. The topological polar surface area (TPSA) is 71.2 Å². The molecule has 0 bridgehead atoms. The zero-order valence-electron chi connectivity index (χ0n) is 22.4. The summed E-state index contributed by atoms with van der Waals surface area (Å²) in [7, 11) is 1.90. The van der Waals surface area contributed by atoms with Crippen molar-refractivity contribution in [2.24, 2.45) is 7.05 Å². The Morgan fingerprint density at radius 3 is 2.46 bits per heavy atom. The summed E-state index contributed by atoms with van der Waals surface area (Å²) in [6, 6.07) is 22.4. The molecule has 3 aromatic heterocycles. The highest BCUT2D eigenvalue weighted by atomic mass is 16.1. The molecule has 198 valence electrons. The van der Waals surface area contributed by atoms with Crippen LogP contribution in [0.3, 0.4) is 0 Å². The van der Waals surface area contributed by atoms with Crippen molar-refractivity contribution in [2.45, 2.75) is 19.9 Å². The summed E-state index contributed by atoms with van der Waals surface area (Å²) in [4.78, 5) is 22.2. The van der Waals surface area contributed by atoms with Gasteiger partial charge in [-0.15, -0.1) is 0 Å². The summed E-state index contributed by atoms with van der Waals surface area (Å²) in [5, 5.41) is 9.86. The summed E-state index contributed by atoms with van der Waals surface area (Å²) < 4.78 is 3.53. The lowest BCUT2D eigenvalue weighted by atomic mass is 10.0. The molecule has 4 heterocycles. The number of nitrogens with zero attached hydrogens (tertiary/aromatic N) is 6. The number of pyridine rings is 2. The van der Waals surface area contributed by atoms with Gasteiger partial charge in [0.2, 0.25) is 0 Å². The van der Waals surface area contributed by atoms with Crippen LogP contribution >= 0.6 is 0 Å². The van der Waals surface area contributed by atoms with Gasteiger partial charge in [0.25, 0.3) is 5.56 Å². The van der Waals surface area contributed by atoms with Crippen molar-refractivity contribution in [3.05, 3.63) is 107 Å². The van der Waals surface area contributed by atoms with Crippen molar-refractivity contribution in [1.29, 1.82) is 0 Å². The zero-order valence-corrected chi connectivity index (χ0v) is 22.4. The molecule has 0 radical (unpaired) electrons. The van der Waals surface area contributed by atoms with Gasteiger partial charge in [0.1, 0.15) is 5.82 Å². The number of nitrogens with one attached hydrogen (secondary N) is 1. The van der Waals surface area contributed by atoms with Crippen molar-refractivity contribution in [1.82, 2.24) is 24.2 Å². The Bertz CT molecular complexity index is 1650. The van der Waals surface area contributed by atoms with E-state index in [1.54, 1.807) is 21.4 Å². The van der Waals surface area contributed by atoms with E-state index in [1.165, 1.54) is 16.5 Å². The Balaban J connectivity index is 1.16. The minimum atomic E-state index is -0.0127. The molecule has 8 nitrogen and oxygen atoms in total. The zero-order chi connectivity index (χ0) is 26.8. The van der Waals surface area contributed by atoms with E-state index in [4.69, 9.17) is 0 Å². The van der Waals surface area contributed by atoms with Crippen LogP contribution in [-0.4, -0.2) is 50.4 Å². The second-order valence-corrected chi connectivity index (χ2v) is 10.1. The maximum atomic E-state index is 12.7. The fraction of sp³-hybridized carbons (Fsp3) is 0.258. The minimum Gasteiger partial charge on any atom is -0.368 e. The Hall–Kier alpha value is -4.43. The number of fused-ring (bicyclic) bond motifs is 1. The van der Waals surface area contributed by atoms with E-state index >= 15 is 0 Å². The van der Waals surface area contributed by atoms with Crippen molar-refractivity contribution < 1.29 is 0 Å². The van der Waals surface area contributed by atoms with Gasteiger partial charge in [-0.25, -0.2) is 4.98 Å². The number of benzene rings is 2. The molecule has 0 unspecified atom stereocenters. The first kappa shape index (κ1) is 24.9. The van der Waals surface area contributed by atoms with E-state index in [0.717, 1.165) is 67.5 Å². The van der Waals surface area contributed by atoms with E-state index in [0.29, 0.717) is 0 Å². The summed E-state index contributed by atoms with van der Waals surface area (Å²) in [6.45, 7) is 6.80.